The number of unbranched alkanes of at least 4 members (excludes halogenated alkanes) is 3. The van der Waals surface area contributed by atoms with Crippen molar-refractivity contribution in [3.63, 3.8) is 0 Å². The third-order valence-electron chi connectivity index (χ3n) is 5.20. The highest BCUT2D eigenvalue weighted by atomic mass is 15.3. The molecule has 0 saturated carbocycles. The van der Waals surface area contributed by atoms with E-state index < -0.39 is 0 Å². The molecule has 0 aliphatic carbocycles. The molecule has 3 heteroatoms. The second-order valence-corrected chi connectivity index (χ2v) is 6.58. The Kier molecular flexibility index (Phi) is 6.11. The molecular weight excluding hydrogens is 234 g/mol. The molecule has 0 aromatic carbocycles. The molecule has 0 radical (unpaired) electrons. The molecule has 0 bridgehead atoms. The second kappa shape index (κ2) is 7.61. The van der Waals surface area contributed by atoms with Gasteiger partial charge in [-0.15, -0.1) is 0 Å². The highest BCUT2D eigenvalue weighted by molar-refractivity contribution is 4.96. The van der Waals surface area contributed by atoms with Crippen molar-refractivity contribution in [2.75, 3.05) is 46.3 Å². The van der Waals surface area contributed by atoms with E-state index in [1.54, 1.807) is 0 Å². The maximum Gasteiger partial charge on any atom is 0.0235 e. The van der Waals surface area contributed by atoms with Crippen molar-refractivity contribution in [1.82, 2.24) is 15.1 Å². The lowest BCUT2D eigenvalue weighted by Crippen LogP contribution is -2.59. The minimum atomic E-state index is 0.530. The lowest BCUT2D eigenvalue weighted by Gasteiger charge is -2.50. The highest BCUT2D eigenvalue weighted by Crippen LogP contribution is 2.34. The van der Waals surface area contributed by atoms with Gasteiger partial charge in [0.1, 0.15) is 0 Å². The zero-order valence-corrected chi connectivity index (χ0v) is 13.1. The Balaban J connectivity index is 1.91. The second-order valence-electron chi connectivity index (χ2n) is 6.58. The molecule has 3 nitrogen and oxygen atoms in total. The fraction of sp³-hybridized carbons (Fsp3) is 1.00. The molecule has 1 N–H and O–H groups in total. The predicted octanol–water partition coefficient (Wildman–Crippen LogP) is 2.33. The van der Waals surface area contributed by atoms with Gasteiger partial charge in [-0.05, 0) is 39.4 Å². The Labute approximate surface area is 119 Å². The molecule has 2 fully saturated rings. The van der Waals surface area contributed by atoms with Crippen LogP contribution >= 0.6 is 0 Å². The molecule has 19 heavy (non-hydrogen) atoms. The van der Waals surface area contributed by atoms with Gasteiger partial charge in [-0.25, -0.2) is 0 Å². The van der Waals surface area contributed by atoms with Crippen molar-refractivity contribution in [2.24, 2.45) is 0 Å². The summed E-state index contributed by atoms with van der Waals surface area (Å²) in [6, 6.07) is 0. The fourth-order valence-corrected chi connectivity index (χ4v) is 3.78. The SMILES string of the molecule is CCCCCCC1(N2CCNCC2)CCN(C)CC1. The number of nitrogens with one attached hydrogen (secondary N) is 1. The molecule has 0 aromatic rings. The molecular formula is C16H33N3. The van der Waals surface area contributed by atoms with Crippen LogP contribution in [0.15, 0.2) is 0 Å². The van der Waals surface area contributed by atoms with Gasteiger partial charge in [0.15, 0.2) is 0 Å². The lowest BCUT2D eigenvalue weighted by molar-refractivity contribution is 0.0106. The molecule has 2 aliphatic rings. The first-order valence-corrected chi connectivity index (χ1v) is 8.41. The number of piperazine rings is 1. The van der Waals surface area contributed by atoms with Crippen LogP contribution in [0.3, 0.4) is 0 Å². The van der Waals surface area contributed by atoms with Crippen molar-refractivity contribution in [3.8, 4) is 0 Å². The summed E-state index contributed by atoms with van der Waals surface area (Å²) in [6.07, 6.45) is 9.83. The number of likely N-dealkylation sites (tertiary alicyclic amines) is 1. The third-order valence-corrected chi connectivity index (χ3v) is 5.20. The van der Waals surface area contributed by atoms with Crippen molar-refractivity contribution < 1.29 is 0 Å². The van der Waals surface area contributed by atoms with Crippen LogP contribution in [0.4, 0.5) is 0 Å². The van der Waals surface area contributed by atoms with E-state index in [0.717, 1.165) is 0 Å². The van der Waals surface area contributed by atoms with Crippen LogP contribution in [0, 0.1) is 0 Å². The molecule has 2 saturated heterocycles. The van der Waals surface area contributed by atoms with Gasteiger partial charge in [0.2, 0.25) is 0 Å². The summed E-state index contributed by atoms with van der Waals surface area (Å²) in [7, 11) is 2.28. The molecule has 0 unspecified atom stereocenters. The summed E-state index contributed by atoms with van der Waals surface area (Å²) in [4.78, 5) is 5.33. The van der Waals surface area contributed by atoms with Crippen LogP contribution in [0.1, 0.15) is 51.9 Å². The maximum absolute atomic E-state index is 3.50. The van der Waals surface area contributed by atoms with E-state index in [0.29, 0.717) is 5.54 Å². The molecule has 0 aromatic heterocycles. The minimum Gasteiger partial charge on any atom is -0.314 e. The van der Waals surface area contributed by atoms with Crippen LogP contribution in [0.25, 0.3) is 0 Å². The molecule has 2 rings (SSSR count). The van der Waals surface area contributed by atoms with Crippen LogP contribution in [-0.4, -0.2) is 61.7 Å². The van der Waals surface area contributed by atoms with Gasteiger partial charge in [-0.3, -0.25) is 4.90 Å². The van der Waals surface area contributed by atoms with Gasteiger partial charge in [0.25, 0.3) is 0 Å². The summed E-state index contributed by atoms with van der Waals surface area (Å²) in [6.45, 7) is 9.78. The van der Waals surface area contributed by atoms with E-state index in [1.807, 2.05) is 0 Å². The molecule has 0 spiro atoms. The van der Waals surface area contributed by atoms with Crippen molar-refractivity contribution in [1.29, 1.82) is 0 Å². The minimum absolute atomic E-state index is 0.530. The van der Waals surface area contributed by atoms with Crippen molar-refractivity contribution in [2.45, 2.75) is 57.4 Å². The first-order valence-electron chi connectivity index (χ1n) is 8.41. The van der Waals surface area contributed by atoms with E-state index in [2.05, 4.69) is 29.1 Å². The van der Waals surface area contributed by atoms with Gasteiger partial charge in [0.05, 0.1) is 0 Å². The molecule has 112 valence electrons. The van der Waals surface area contributed by atoms with E-state index in [1.165, 1.54) is 84.2 Å². The van der Waals surface area contributed by atoms with Gasteiger partial charge >= 0.3 is 0 Å². The number of hydrogen-bond donors (Lipinski definition) is 1. The zero-order chi connectivity index (χ0) is 13.6. The Morgan fingerprint density at radius 2 is 1.63 bits per heavy atom. The molecule has 2 aliphatic heterocycles. The third kappa shape index (κ3) is 4.17. The Morgan fingerprint density at radius 1 is 0.947 bits per heavy atom. The van der Waals surface area contributed by atoms with E-state index >= 15 is 0 Å². The topological polar surface area (TPSA) is 18.5 Å². The monoisotopic (exact) mass is 267 g/mol. The molecule has 0 atom stereocenters. The standard InChI is InChI=1S/C16H33N3/c1-3-4-5-6-7-16(8-12-18(2)13-9-16)19-14-10-17-11-15-19/h17H,3-15H2,1-2H3. The normalized spacial score (nSPS) is 25.6. The Hall–Kier alpha value is -0.120. The summed E-state index contributed by atoms with van der Waals surface area (Å²) >= 11 is 0. The molecule has 0 amide bonds. The zero-order valence-electron chi connectivity index (χ0n) is 13.1. The summed E-state index contributed by atoms with van der Waals surface area (Å²) in [5.74, 6) is 0. The highest BCUT2D eigenvalue weighted by Gasteiger charge is 2.38. The first kappa shape index (κ1) is 15.3. The summed E-state index contributed by atoms with van der Waals surface area (Å²) in [5, 5.41) is 3.50. The average molecular weight is 267 g/mol. The van der Waals surface area contributed by atoms with E-state index in [9.17, 15) is 0 Å². The number of hydrogen-bond acceptors (Lipinski definition) is 3. The number of nitrogens with zero attached hydrogens (tertiary/aromatic N) is 2. The van der Waals surface area contributed by atoms with E-state index in [4.69, 9.17) is 0 Å². The number of rotatable bonds is 6. The molecule has 2 heterocycles. The quantitative estimate of drug-likeness (QED) is 0.745. The van der Waals surface area contributed by atoms with Crippen molar-refractivity contribution >= 4 is 0 Å². The van der Waals surface area contributed by atoms with Gasteiger partial charge in [0, 0.05) is 31.7 Å². The predicted molar refractivity (Wildman–Crippen MR) is 82.7 cm³/mol. The van der Waals surface area contributed by atoms with Gasteiger partial charge < -0.3 is 10.2 Å². The maximum atomic E-state index is 3.50. The Bertz CT molecular complexity index is 240. The average Bonchev–Trinajstić information content (AvgIpc) is 2.47. The smallest absolute Gasteiger partial charge is 0.0235 e. The summed E-state index contributed by atoms with van der Waals surface area (Å²) in [5.41, 5.74) is 0.530. The van der Waals surface area contributed by atoms with E-state index in [-0.39, 0.29) is 0 Å². The van der Waals surface area contributed by atoms with Crippen LogP contribution in [-0.2, 0) is 0 Å². The van der Waals surface area contributed by atoms with Crippen LogP contribution in [0.2, 0.25) is 0 Å². The van der Waals surface area contributed by atoms with Crippen LogP contribution in [0.5, 0.6) is 0 Å². The lowest BCUT2D eigenvalue weighted by atomic mass is 9.80. The first-order chi connectivity index (χ1) is 9.27. The fourth-order valence-electron chi connectivity index (χ4n) is 3.78. The van der Waals surface area contributed by atoms with Gasteiger partial charge in [-0.2, -0.15) is 0 Å². The summed E-state index contributed by atoms with van der Waals surface area (Å²) < 4.78 is 0. The van der Waals surface area contributed by atoms with Gasteiger partial charge in [-0.1, -0.05) is 32.6 Å². The van der Waals surface area contributed by atoms with Crippen LogP contribution < -0.4 is 5.32 Å². The Morgan fingerprint density at radius 3 is 2.26 bits per heavy atom. The van der Waals surface area contributed by atoms with Crippen molar-refractivity contribution in [3.05, 3.63) is 0 Å². The largest absolute Gasteiger partial charge is 0.314 e. The number of piperidine rings is 1.